The molecule has 1 nitrogen and oxygen atoms in total. The Bertz CT molecular complexity index is 1420. The third kappa shape index (κ3) is 3.69. The lowest BCUT2D eigenvalue weighted by Gasteiger charge is -2.25. The number of nitrogens with zero attached hydrogens (tertiary/aromatic N) is 1. The van der Waals surface area contributed by atoms with E-state index >= 15 is 0 Å². The molecule has 0 atom stereocenters. The summed E-state index contributed by atoms with van der Waals surface area (Å²) in [6, 6.07) is 37.4. The number of aromatic nitrogens is 1. The van der Waals surface area contributed by atoms with Crippen LogP contribution in [0.4, 0.5) is 0 Å². The Balaban J connectivity index is 1.70. The lowest BCUT2D eigenvalue weighted by Crippen LogP contribution is -2.22. The summed E-state index contributed by atoms with van der Waals surface area (Å²) in [7, 11) is -0.741. The molecule has 5 aromatic rings. The average Bonchev–Trinajstić information content (AvgIpc) is 2.90. The third-order valence-corrected chi connectivity index (χ3v) is 8.84. The summed E-state index contributed by atoms with van der Waals surface area (Å²) in [4.78, 5) is 5.00. The standard InChI is InChI=1S/C31H24NP/c1-3-13-25(14-4-1)33(26-15-5-2-6-16-26)29-20-19-23-11-7-9-17-27(23)30(29)31-28-18-10-8-12-24(28)21-22-32-31/h1-7,9-11,13-22H,8,12H2. The molecule has 1 aliphatic carbocycles. The Morgan fingerprint density at radius 1 is 0.667 bits per heavy atom. The van der Waals surface area contributed by atoms with E-state index in [0.29, 0.717) is 0 Å². The first kappa shape index (κ1) is 20.1. The van der Waals surface area contributed by atoms with Crippen LogP contribution < -0.4 is 15.9 Å². The van der Waals surface area contributed by atoms with Crippen LogP contribution in [0.25, 0.3) is 28.1 Å². The zero-order valence-corrected chi connectivity index (χ0v) is 19.3. The zero-order valence-electron chi connectivity index (χ0n) is 18.4. The summed E-state index contributed by atoms with van der Waals surface area (Å²) in [5.41, 5.74) is 5.05. The lowest BCUT2D eigenvalue weighted by molar-refractivity contribution is 0.979. The quantitative estimate of drug-likeness (QED) is 0.286. The first-order valence-electron chi connectivity index (χ1n) is 11.5. The third-order valence-electron chi connectivity index (χ3n) is 6.36. The molecule has 0 aliphatic heterocycles. The van der Waals surface area contributed by atoms with Gasteiger partial charge < -0.3 is 0 Å². The van der Waals surface area contributed by atoms with Crippen LogP contribution in [-0.4, -0.2) is 4.98 Å². The fourth-order valence-electron chi connectivity index (χ4n) is 4.83. The van der Waals surface area contributed by atoms with Crippen LogP contribution >= 0.6 is 7.92 Å². The molecule has 1 aliphatic rings. The molecule has 0 unspecified atom stereocenters. The minimum Gasteiger partial charge on any atom is -0.256 e. The van der Waals surface area contributed by atoms with Crippen LogP contribution in [0.5, 0.6) is 0 Å². The topological polar surface area (TPSA) is 12.9 Å². The molecular formula is C31H24NP. The summed E-state index contributed by atoms with van der Waals surface area (Å²) >= 11 is 0. The Kier molecular flexibility index (Phi) is 5.34. The number of hydrogen-bond donors (Lipinski definition) is 0. The molecule has 0 saturated carbocycles. The molecule has 1 aromatic heterocycles. The number of benzene rings is 4. The van der Waals surface area contributed by atoms with Crippen molar-refractivity contribution in [1.82, 2.24) is 4.98 Å². The second-order valence-electron chi connectivity index (χ2n) is 8.36. The van der Waals surface area contributed by atoms with Crippen molar-refractivity contribution >= 4 is 40.7 Å². The number of fused-ring (bicyclic) bond motifs is 2. The Labute approximate surface area is 196 Å². The number of hydrogen-bond acceptors (Lipinski definition) is 1. The smallest absolute Gasteiger partial charge is 0.0789 e. The minimum atomic E-state index is -0.741. The molecule has 0 spiro atoms. The van der Waals surface area contributed by atoms with Crippen molar-refractivity contribution in [1.29, 1.82) is 0 Å². The molecule has 33 heavy (non-hydrogen) atoms. The van der Waals surface area contributed by atoms with Gasteiger partial charge in [-0.25, -0.2) is 0 Å². The summed E-state index contributed by atoms with van der Waals surface area (Å²) in [6.45, 7) is 0. The predicted octanol–water partition coefficient (Wildman–Crippen LogP) is 6.62. The van der Waals surface area contributed by atoms with Crippen LogP contribution in [0.2, 0.25) is 0 Å². The van der Waals surface area contributed by atoms with Crippen molar-refractivity contribution in [2.75, 3.05) is 0 Å². The van der Waals surface area contributed by atoms with E-state index in [1.807, 2.05) is 6.20 Å². The van der Waals surface area contributed by atoms with Gasteiger partial charge in [-0.2, -0.15) is 0 Å². The van der Waals surface area contributed by atoms with Crippen molar-refractivity contribution in [2.24, 2.45) is 0 Å². The molecule has 0 saturated heterocycles. The molecule has 4 aromatic carbocycles. The van der Waals surface area contributed by atoms with Gasteiger partial charge in [0, 0.05) is 17.3 Å². The number of allylic oxidation sites excluding steroid dienone is 1. The SMILES string of the molecule is C1=Cc2c(ccnc2-c2c(P(c3ccccc3)c3ccccc3)ccc3ccccc23)CC1. The van der Waals surface area contributed by atoms with Crippen molar-refractivity contribution in [3.63, 3.8) is 0 Å². The Morgan fingerprint density at radius 3 is 2.12 bits per heavy atom. The van der Waals surface area contributed by atoms with Gasteiger partial charge in [0.05, 0.1) is 5.69 Å². The van der Waals surface area contributed by atoms with E-state index in [1.165, 1.54) is 43.4 Å². The van der Waals surface area contributed by atoms with E-state index in [-0.39, 0.29) is 0 Å². The monoisotopic (exact) mass is 441 g/mol. The number of pyridine rings is 1. The number of aryl methyl sites for hydroxylation is 1. The molecule has 6 rings (SSSR count). The maximum atomic E-state index is 5.00. The highest BCUT2D eigenvalue weighted by Crippen LogP contribution is 2.41. The van der Waals surface area contributed by atoms with Crippen LogP contribution in [0.3, 0.4) is 0 Å². The molecule has 0 bridgehead atoms. The summed E-state index contributed by atoms with van der Waals surface area (Å²) in [5, 5.41) is 6.60. The maximum absolute atomic E-state index is 5.00. The van der Waals surface area contributed by atoms with Gasteiger partial charge in [0.1, 0.15) is 0 Å². The van der Waals surface area contributed by atoms with Gasteiger partial charge >= 0.3 is 0 Å². The highest BCUT2D eigenvalue weighted by molar-refractivity contribution is 7.80. The highest BCUT2D eigenvalue weighted by atomic mass is 31.1. The summed E-state index contributed by atoms with van der Waals surface area (Å²) < 4.78 is 0. The molecular weight excluding hydrogens is 417 g/mol. The van der Waals surface area contributed by atoms with Crippen LogP contribution in [0.15, 0.2) is 115 Å². The van der Waals surface area contributed by atoms with Crippen molar-refractivity contribution in [3.8, 4) is 11.3 Å². The largest absolute Gasteiger partial charge is 0.256 e. The van der Waals surface area contributed by atoms with E-state index in [1.54, 1.807) is 0 Å². The molecule has 0 fully saturated rings. The van der Waals surface area contributed by atoms with Gasteiger partial charge in [-0.3, -0.25) is 4.98 Å². The molecule has 0 N–H and O–H groups in total. The second kappa shape index (κ2) is 8.77. The average molecular weight is 442 g/mol. The molecule has 2 heteroatoms. The maximum Gasteiger partial charge on any atom is 0.0789 e. The highest BCUT2D eigenvalue weighted by Gasteiger charge is 2.24. The van der Waals surface area contributed by atoms with E-state index in [9.17, 15) is 0 Å². The number of rotatable bonds is 4. The molecule has 158 valence electrons. The Hall–Kier alpha value is -3.54. The fourth-order valence-corrected chi connectivity index (χ4v) is 7.30. The van der Waals surface area contributed by atoms with Crippen LogP contribution in [-0.2, 0) is 6.42 Å². The zero-order chi connectivity index (χ0) is 22.0. The van der Waals surface area contributed by atoms with Gasteiger partial charge in [0.25, 0.3) is 0 Å². The second-order valence-corrected chi connectivity index (χ2v) is 10.5. The van der Waals surface area contributed by atoms with E-state index < -0.39 is 7.92 Å². The Morgan fingerprint density at radius 2 is 1.36 bits per heavy atom. The van der Waals surface area contributed by atoms with E-state index in [4.69, 9.17) is 4.98 Å². The van der Waals surface area contributed by atoms with Crippen molar-refractivity contribution < 1.29 is 0 Å². The summed E-state index contributed by atoms with van der Waals surface area (Å²) in [5.74, 6) is 0. The minimum absolute atomic E-state index is 0.741. The van der Waals surface area contributed by atoms with Crippen LogP contribution in [0.1, 0.15) is 17.5 Å². The fraction of sp³-hybridized carbons (Fsp3) is 0.0645. The van der Waals surface area contributed by atoms with Crippen LogP contribution in [0, 0.1) is 0 Å². The summed E-state index contributed by atoms with van der Waals surface area (Å²) in [6.07, 6.45) is 8.73. The molecule has 0 radical (unpaired) electrons. The first-order chi connectivity index (χ1) is 16.4. The first-order valence-corrected chi connectivity index (χ1v) is 12.8. The van der Waals surface area contributed by atoms with Gasteiger partial charge in [-0.05, 0) is 59.1 Å². The van der Waals surface area contributed by atoms with Gasteiger partial charge in [0.15, 0.2) is 0 Å². The van der Waals surface area contributed by atoms with E-state index in [0.717, 1.165) is 18.5 Å². The lowest BCUT2D eigenvalue weighted by atomic mass is 9.92. The van der Waals surface area contributed by atoms with E-state index in [2.05, 4.69) is 115 Å². The van der Waals surface area contributed by atoms with Gasteiger partial charge in [-0.1, -0.05) is 109 Å². The molecule has 0 amide bonds. The van der Waals surface area contributed by atoms with Gasteiger partial charge in [0.2, 0.25) is 0 Å². The predicted molar refractivity (Wildman–Crippen MR) is 143 cm³/mol. The normalized spacial score (nSPS) is 12.8. The van der Waals surface area contributed by atoms with Crippen molar-refractivity contribution in [3.05, 3.63) is 127 Å². The van der Waals surface area contributed by atoms with Gasteiger partial charge in [-0.15, -0.1) is 0 Å². The molecule has 1 heterocycles. The van der Waals surface area contributed by atoms with Crippen molar-refractivity contribution in [2.45, 2.75) is 12.8 Å².